The van der Waals surface area contributed by atoms with Crippen LogP contribution in [0.3, 0.4) is 0 Å². The fraction of sp³-hybridized carbons (Fsp3) is 0.333. The summed E-state index contributed by atoms with van der Waals surface area (Å²) in [6, 6.07) is 5.27. The van der Waals surface area contributed by atoms with E-state index in [4.69, 9.17) is 11.0 Å². The molecule has 5 nitrogen and oxygen atoms in total. The van der Waals surface area contributed by atoms with Gasteiger partial charge in [0.05, 0.1) is 5.57 Å². The first-order chi connectivity index (χ1) is 8.21. The van der Waals surface area contributed by atoms with Crippen LogP contribution < -0.4 is 5.73 Å². The average Bonchev–Trinajstić information content (AvgIpc) is 2.29. The molecular weight excluding hydrogens is 250 g/mol. The summed E-state index contributed by atoms with van der Waals surface area (Å²) >= 11 is 0. The number of sulfone groups is 1. The SMILES string of the molecule is CC(C)(/C(N)=C(/C#N)c1cccnc1)S(C)(=O)=O. The van der Waals surface area contributed by atoms with Crippen LogP contribution >= 0.6 is 0 Å². The maximum Gasteiger partial charge on any atom is 0.158 e. The predicted molar refractivity (Wildman–Crippen MR) is 69.9 cm³/mol. The van der Waals surface area contributed by atoms with Crippen molar-refractivity contribution >= 4 is 15.4 Å². The molecule has 1 aromatic rings. The van der Waals surface area contributed by atoms with Crippen LogP contribution in [0.25, 0.3) is 5.57 Å². The zero-order valence-electron chi connectivity index (χ0n) is 10.5. The van der Waals surface area contributed by atoms with Crippen molar-refractivity contribution in [3.05, 3.63) is 35.8 Å². The Kier molecular flexibility index (Phi) is 3.77. The topological polar surface area (TPSA) is 96.8 Å². The van der Waals surface area contributed by atoms with Crippen LogP contribution in [0.5, 0.6) is 0 Å². The van der Waals surface area contributed by atoms with E-state index in [1.807, 2.05) is 6.07 Å². The smallest absolute Gasteiger partial charge is 0.158 e. The van der Waals surface area contributed by atoms with Crippen molar-refractivity contribution in [3.8, 4) is 6.07 Å². The normalized spacial score (nSPS) is 13.7. The Bertz CT molecular complexity index is 610. The molecule has 18 heavy (non-hydrogen) atoms. The maximum absolute atomic E-state index is 11.7. The van der Waals surface area contributed by atoms with E-state index in [1.54, 1.807) is 18.3 Å². The van der Waals surface area contributed by atoms with Gasteiger partial charge >= 0.3 is 0 Å². The van der Waals surface area contributed by atoms with Crippen molar-refractivity contribution in [2.45, 2.75) is 18.6 Å². The van der Waals surface area contributed by atoms with Gasteiger partial charge in [0.2, 0.25) is 0 Å². The molecular formula is C12H15N3O2S. The summed E-state index contributed by atoms with van der Waals surface area (Å²) in [5, 5.41) is 9.17. The van der Waals surface area contributed by atoms with E-state index >= 15 is 0 Å². The zero-order valence-corrected chi connectivity index (χ0v) is 11.3. The quantitative estimate of drug-likeness (QED) is 0.825. The lowest BCUT2D eigenvalue weighted by Crippen LogP contribution is -2.37. The van der Waals surface area contributed by atoms with Gasteiger partial charge in [0, 0.05) is 29.9 Å². The average molecular weight is 265 g/mol. The number of allylic oxidation sites excluding steroid dienone is 1. The summed E-state index contributed by atoms with van der Waals surface area (Å²) in [5.74, 6) is 0. The predicted octanol–water partition coefficient (Wildman–Crippen LogP) is 1.10. The minimum absolute atomic E-state index is 0.0282. The van der Waals surface area contributed by atoms with Gasteiger partial charge in [-0.25, -0.2) is 8.42 Å². The number of hydrogen-bond donors (Lipinski definition) is 1. The summed E-state index contributed by atoms with van der Waals surface area (Å²) in [5.41, 5.74) is 6.55. The van der Waals surface area contributed by atoms with E-state index in [9.17, 15) is 8.42 Å². The molecule has 96 valence electrons. The minimum atomic E-state index is -3.42. The number of aromatic nitrogens is 1. The summed E-state index contributed by atoms with van der Waals surface area (Å²) in [7, 11) is -3.42. The Labute approximate surface area is 107 Å². The molecule has 0 aromatic carbocycles. The highest BCUT2D eigenvalue weighted by Gasteiger charge is 2.35. The third kappa shape index (κ3) is 2.51. The second-order valence-corrected chi connectivity index (χ2v) is 6.99. The van der Waals surface area contributed by atoms with Crippen LogP contribution in [0.2, 0.25) is 0 Å². The van der Waals surface area contributed by atoms with Crippen LogP contribution in [-0.4, -0.2) is 24.4 Å². The van der Waals surface area contributed by atoms with Gasteiger partial charge in [0.15, 0.2) is 9.84 Å². The van der Waals surface area contributed by atoms with Crippen molar-refractivity contribution in [2.24, 2.45) is 5.73 Å². The van der Waals surface area contributed by atoms with E-state index < -0.39 is 14.6 Å². The fourth-order valence-corrected chi connectivity index (χ4v) is 1.79. The van der Waals surface area contributed by atoms with Crippen LogP contribution in [0.4, 0.5) is 0 Å². The van der Waals surface area contributed by atoms with Crippen molar-refractivity contribution in [3.63, 3.8) is 0 Å². The van der Waals surface area contributed by atoms with E-state index in [0.717, 1.165) is 6.26 Å². The number of nitrogens with zero attached hydrogens (tertiary/aromatic N) is 2. The number of nitriles is 1. The van der Waals surface area contributed by atoms with Gasteiger partial charge in [-0.15, -0.1) is 0 Å². The molecule has 0 saturated heterocycles. The highest BCUT2D eigenvalue weighted by molar-refractivity contribution is 7.92. The van der Waals surface area contributed by atoms with Crippen molar-refractivity contribution in [1.29, 1.82) is 5.26 Å². The van der Waals surface area contributed by atoms with Crippen LogP contribution in [0.15, 0.2) is 30.2 Å². The molecule has 1 heterocycles. The Morgan fingerprint density at radius 2 is 2.11 bits per heavy atom. The molecule has 0 aliphatic heterocycles. The minimum Gasteiger partial charge on any atom is -0.400 e. The van der Waals surface area contributed by atoms with Gasteiger partial charge in [-0.1, -0.05) is 6.07 Å². The van der Waals surface area contributed by atoms with Gasteiger partial charge in [0.1, 0.15) is 10.8 Å². The molecule has 0 bridgehead atoms. The van der Waals surface area contributed by atoms with Crippen LogP contribution in [0, 0.1) is 11.3 Å². The number of pyridine rings is 1. The van der Waals surface area contributed by atoms with Crippen LogP contribution in [0.1, 0.15) is 19.4 Å². The highest BCUT2D eigenvalue weighted by Crippen LogP contribution is 2.27. The molecule has 2 N–H and O–H groups in total. The molecule has 0 spiro atoms. The van der Waals surface area contributed by atoms with Gasteiger partial charge < -0.3 is 5.73 Å². The van der Waals surface area contributed by atoms with E-state index in [-0.39, 0.29) is 11.3 Å². The highest BCUT2D eigenvalue weighted by atomic mass is 32.2. The second-order valence-electron chi connectivity index (χ2n) is 4.42. The van der Waals surface area contributed by atoms with Gasteiger partial charge in [-0.3, -0.25) is 4.98 Å². The molecule has 1 aromatic heterocycles. The Morgan fingerprint density at radius 3 is 2.50 bits per heavy atom. The molecule has 0 saturated carbocycles. The Morgan fingerprint density at radius 1 is 1.50 bits per heavy atom. The lowest BCUT2D eigenvalue weighted by atomic mass is 10.00. The fourth-order valence-electron chi connectivity index (χ4n) is 1.29. The first kappa shape index (κ1) is 14.2. The molecule has 0 atom stereocenters. The lowest BCUT2D eigenvalue weighted by Gasteiger charge is -2.24. The second kappa shape index (κ2) is 4.78. The van der Waals surface area contributed by atoms with Gasteiger partial charge in [-0.2, -0.15) is 5.26 Å². The summed E-state index contributed by atoms with van der Waals surface area (Å²) in [4.78, 5) is 3.89. The summed E-state index contributed by atoms with van der Waals surface area (Å²) in [6.45, 7) is 2.96. The zero-order chi connectivity index (χ0) is 14.0. The standard InChI is InChI=1S/C12H15N3O2S/c1-12(2,18(3,16)17)11(14)10(7-13)9-5-4-6-15-8-9/h4-6,8H,14H2,1-3H3/b11-10+. The monoisotopic (exact) mass is 265 g/mol. The number of rotatable bonds is 3. The molecule has 0 radical (unpaired) electrons. The molecule has 0 fully saturated rings. The molecule has 0 amide bonds. The number of nitrogens with two attached hydrogens (primary N) is 1. The van der Waals surface area contributed by atoms with Crippen molar-refractivity contribution < 1.29 is 8.42 Å². The van der Waals surface area contributed by atoms with Crippen LogP contribution in [-0.2, 0) is 9.84 Å². The molecule has 0 unspecified atom stereocenters. The first-order valence-corrected chi connectivity index (χ1v) is 7.11. The molecule has 0 aliphatic carbocycles. The Hall–Kier alpha value is -1.87. The molecule has 1 rings (SSSR count). The summed E-state index contributed by atoms with van der Waals surface area (Å²) in [6.07, 6.45) is 4.14. The third-order valence-corrected chi connectivity index (χ3v) is 4.98. The largest absolute Gasteiger partial charge is 0.400 e. The van der Waals surface area contributed by atoms with Gasteiger partial charge in [-0.05, 0) is 19.9 Å². The molecule has 0 aliphatic rings. The van der Waals surface area contributed by atoms with Crippen molar-refractivity contribution in [2.75, 3.05) is 6.26 Å². The van der Waals surface area contributed by atoms with Gasteiger partial charge in [0.25, 0.3) is 0 Å². The molecule has 6 heteroatoms. The first-order valence-electron chi connectivity index (χ1n) is 5.22. The number of hydrogen-bond acceptors (Lipinski definition) is 5. The summed E-state index contributed by atoms with van der Waals surface area (Å²) < 4.78 is 22.1. The van der Waals surface area contributed by atoms with E-state index in [1.165, 1.54) is 20.0 Å². The maximum atomic E-state index is 11.7. The third-order valence-electron chi connectivity index (χ3n) is 2.91. The van der Waals surface area contributed by atoms with E-state index in [2.05, 4.69) is 4.98 Å². The lowest BCUT2D eigenvalue weighted by molar-refractivity contribution is 0.572. The Balaban J connectivity index is 3.49. The van der Waals surface area contributed by atoms with E-state index in [0.29, 0.717) is 5.56 Å². The van der Waals surface area contributed by atoms with Crippen molar-refractivity contribution in [1.82, 2.24) is 4.98 Å².